The minimum Gasteiger partial charge on any atom is -0.361 e. The molecule has 4 amide bonds. The first-order valence-corrected chi connectivity index (χ1v) is 13.0. The Kier molecular flexibility index (Phi) is 9.23. The first-order valence-electron chi connectivity index (χ1n) is 13.0. The summed E-state index contributed by atoms with van der Waals surface area (Å²) in [6.07, 6.45) is 0.566. The Bertz CT molecular complexity index is 1440. The van der Waals surface area contributed by atoms with Crippen LogP contribution in [0.2, 0.25) is 0 Å². The minimum atomic E-state index is -1.27. The second-order valence-corrected chi connectivity index (χ2v) is 9.91. The van der Waals surface area contributed by atoms with Gasteiger partial charge in [0.25, 0.3) is 5.91 Å². The highest BCUT2D eigenvalue weighted by Gasteiger charge is 2.31. The molecule has 0 saturated carbocycles. The molecule has 41 heavy (non-hydrogen) atoms. The standard InChI is InChI=1S/C29H30FN5O6/c1-17-12-24(34-41-17)28(39)33-26-20-5-3-4-19(13-20)15-35(2)25(37)11-10-22(16-36)31-27(38)23(32-29(26)40)14-18-6-8-21(30)9-7-18/h3-9,12-13,16,22-23,26H,10-11,14-15H2,1-2H3,(H,31,38)(H,32,40)(H,33,39)/t22-,23-,26-/m0/s1. The Morgan fingerprint density at radius 3 is 2.56 bits per heavy atom. The van der Waals surface area contributed by atoms with Gasteiger partial charge < -0.3 is 30.2 Å². The predicted molar refractivity (Wildman–Crippen MR) is 144 cm³/mol. The molecule has 3 atom stereocenters. The van der Waals surface area contributed by atoms with Gasteiger partial charge >= 0.3 is 0 Å². The van der Waals surface area contributed by atoms with E-state index in [9.17, 15) is 28.4 Å². The van der Waals surface area contributed by atoms with Gasteiger partial charge in [0, 0.05) is 32.5 Å². The van der Waals surface area contributed by atoms with E-state index < -0.39 is 41.7 Å². The topological polar surface area (TPSA) is 151 Å². The van der Waals surface area contributed by atoms with Gasteiger partial charge in [-0.25, -0.2) is 4.39 Å². The van der Waals surface area contributed by atoms with Crippen LogP contribution in [-0.4, -0.2) is 59.1 Å². The zero-order valence-corrected chi connectivity index (χ0v) is 22.6. The second-order valence-electron chi connectivity index (χ2n) is 9.91. The number of carbonyl (C=O) groups is 5. The lowest BCUT2D eigenvalue weighted by Crippen LogP contribution is -2.53. The van der Waals surface area contributed by atoms with Gasteiger partial charge in [-0.2, -0.15) is 0 Å². The lowest BCUT2D eigenvalue weighted by atomic mass is 10.0. The van der Waals surface area contributed by atoms with Crippen LogP contribution >= 0.6 is 0 Å². The average molecular weight is 564 g/mol. The van der Waals surface area contributed by atoms with Crippen LogP contribution in [0.5, 0.6) is 0 Å². The Hall–Kier alpha value is -4.87. The largest absolute Gasteiger partial charge is 0.361 e. The Labute approximate surface area is 235 Å². The smallest absolute Gasteiger partial charge is 0.274 e. The first-order chi connectivity index (χ1) is 19.6. The molecule has 11 nitrogen and oxygen atoms in total. The monoisotopic (exact) mass is 563 g/mol. The molecule has 0 spiro atoms. The minimum absolute atomic E-state index is 0.00463. The Morgan fingerprint density at radius 1 is 1.12 bits per heavy atom. The lowest BCUT2D eigenvalue weighted by Gasteiger charge is -2.24. The molecule has 0 unspecified atom stereocenters. The molecule has 0 radical (unpaired) electrons. The number of nitrogens with one attached hydrogen (secondary N) is 3. The molecule has 12 heteroatoms. The van der Waals surface area contributed by atoms with Crippen LogP contribution in [0, 0.1) is 12.7 Å². The molecule has 1 aromatic heterocycles. The molecule has 0 fully saturated rings. The van der Waals surface area contributed by atoms with E-state index in [4.69, 9.17) is 4.52 Å². The fraction of sp³-hybridized carbons (Fsp3) is 0.310. The van der Waals surface area contributed by atoms with Crippen LogP contribution in [-0.2, 0) is 32.1 Å². The molecule has 0 aliphatic carbocycles. The number of aldehydes is 1. The summed E-state index contributed by atoms with van der Waals surface area (Å²) in [6.45, 7) is 1.83. The van der Waals surface area contributed by atoms with E-state index in [1.165, 1.54) is 35.2 Å². The highest BCUT2D eigenvalue weighted by Crippen LogP contribution is 2.19. The van der Waals surface area contributed by atoms with Crippen molar-refractivity contribution in [1.82, 2.24) is 26.0 Å². The summed E-state index contributed by atoms with van der Waals surface area (Å²) in [5, 5.41) is 11.6. The SMILES string of the molecule is Cc1cc(C(=O)N[C@@H]2C(=O)N[C@@H](Cc3ccc(F)cc3)C(=O)N[C@H](C=O)CCC(=O)N(C)Cc3cccc2c3)no1. The molecular formula is C29H30FN5O6. The number of carbonyl (C=O) groups excluding carboxylic acids is 5. The third-order valence-electron chi connectivity index (χ3n) is 6.68. The van der Waals surface area contributed by atoms with Crippen molar-refractivity contribution in [3.05, 3.63) is 88.6 Å². The van der Waals surface area contributed by atoms with Gasteiger partial charge in [-0.1, -0.05) is 41.6 Å². The van der Waals surface area contributed by atoms with Crippen LogP contribution in [0.1, 0.15) is 51.8 Å². The summed E-state index contributed by atoms with van der Waals surface area (Å²) >= 11 is 0. The van der Waals surface area contributed by atoms with E-state index in [1.54, 1.807) is 38.2 Å². The predicted octanol–water partition coefficient (Wildman–Crippen LogP) is 1.76. The average Bonchev–Trinajstić information content (AvgIpc) is 3.40. The number of nitrogens with zero attached hydrogens (tertiary/aromatic N) is 2. The van der Waals surface area contributed by atoms with Gasteiger partial charge in [-0.15, -0.1) is 0 Å². The van der Waals surface area contributed by atoms with E-state index in [0.717, 1.165) is 0 Å². The number of amides is 4. The quantitative estimate of drug-likeness (QED) is 0.400. The summed E-state index contributed by atoms with van der Waals surface area (Å²) in [7, 11) is 1.61. The first kappa shape index (κ1) is 29.1. The van der Waals surface area contributed by atoms with Crippen molar-refractivity contribution in [2.75, 3.05) is 7.05 Å². The number of aromatic nitrogens is 1. The normalized spacial score (nSPS) is 20.3. The van der Waals surface area contributed by atoms with E-state index in [2.05, 4.69) is 21.1 Å². The molecule has 2 bridgehead atoms. The van der Waals surface area contributed by atoms with Crippen molar-refractivity contribution in [3.63, 3.8) is 0 Å². The van der Waals surface area contributed by atoms with Crippen molar-refractivity contribution in [3.8, 4) is 0 Å². The van der Waals surface area contributed by atoms with Gasteiger partial charge in [-0.05, 0) is 42.2 Å². The maximum atomic E-state index is 13.8. The zero-order chi connectivity index (χ0) is 29.5. The van der Waals surface area contributed by atoms with Crippen LogP contribution in [0.15, 0.2) is 59.1 Å². The molecule has 0 saturated heterocycles. The zero-order valence-electron chi connectivity index (χ0n) is 22.6. The van der Waals surface area contributed by atoms with E-state index >= 15 is 0 Å². The number of hydrogen-bond donors (Lipinski definition) is 3. The Morgan fingerprint density at radius 2 is 1.88 bits per heavy atom. The van der Waals surface area contributed by atoms with Crippen molar-refractivity contribution in [2.45, 2.75) is 50.9 Å². The fourth-order valence-corrected chi connectivity index (χ4v) is 4.46. The molecule has 2 heterocycles. The van der Waals surface area contributed by atoms with Crippen molar-refractivity contribution >= 4 is 29.9 Å². The van der Waals surface area contributed by atoms with Gasteiger partial charge in [0.15, 0.2) is 5.69 Å². The molecular weight excluding hydrogens is 533 g/mol. The van der Waals surface area contributed by atoms with Crippen molar-refractivity contribution in [2.24, 2.45) is 0 Å². The van der Waals surface area contributed by atoms with Crippen LogP contribution in [0.4, 0.5) is 4.39 Å². The fourth-order valence-electron chi connectivity index (χ4n) is 4.46. The Balaban J connectivity index is 1.72. The van der Waals surface area contributed by atoms with Gasteiger partial charge in [0.05, 0.1) is 6.04 Å². The van der Waals surface area contributed by atoms with Crippen LogP contribution < -0.4 is 16.0 Å². The van der Waals surface area contributed by atoms with Gasteiger partial charge in [-0.3, -0.25) is 19.2 Å². The molecule has 4 rings (SSSR count). The summed E-state index contributed by atoms with van der Waals surface area (Å²) in [4.78, 5) is 66.1. The summed E-state index contributed by atoms with van der Waals surface area (Å²) in [5.74, 6) is -2.38. The maximum Gasteiger partial charge on any atom is 0.274 e. The van der Waals surface area contributed by atoms with Crippen molar-refractivity contribution in [1.29, 1.82) is 0 Å². The highest BCUT2D eigenvalue weighted by molar-refractivity contribution is 5.98. The second kappa shape index (κ2) is 13.0. The van der Waals surface area contributed by atoms with Gasteiger partial charge in [0.1, 0.15) is 29.9 Å². The summed E-state index contributed by atoms with van der Waals surface area (Å²) in [6, 6.07) is 10.2. The number of halogens is 1. The molecule has 3 N–H and O–H groups in total. The number of rotatable bonds is 5. The number of fused-ring (bicyclic) bond motifs is 2. The third kappa shape index (κ3) is 7.62. The third-order valence-corrected chi connectivity index (χ3v) is 6.68. The molecule has 3 aromatic rings. The van der Waals surface area contributed by atoms with E-state index in [0.29, 0.717) is 28.7 Å². The number of benzene rings is 2. The lowest BCUT2D eigenvalue weighted by molar-refractivity contribution is -0.132. The summed E-state index contributed by atoms with van der Waals surface area (Å²) < 4.78 is 18.5. The van der Waals surface area contributed by atoms with E-state index in [1.807, 2.05) is 0 Å². The van der Waals surface area contributed by atoms with Crippen molar-refractivity contribution < 1.29 is 32.9 Å². The van der Waals surface area contributed by atoms with Crippen LogP contribution in [0.25, 0.3) is 0 Å². The summed E-state index contributed by atoms with van der Waals surface area (Å²) in [5.41, 5.74) is 1.60. The van der Waals surface area contributed by atoms with Crippen LogP contribution in [0.3, 0.4) is 0 Å². The number of aryl methyl sites for hydroxylation is 1. The molecule has 2 aromatic carbocycles. The molecule has 1 aliphatic rings. The highest BCUT2D eigenvalue weighted by atomic mass is 19.1. The van der Waals surface area contributed by atoms with Gasteiger partial charge in [0.2, 0.25) is 17.7 Å². The molecule has 1 aliphatic heterocycles. The number of hydrogen-bond acceptors (Lipinski definition) is 7. The maximum absolute atomic E-state index is 13.8. The molecule has 214 valence electrons. The van der Waals surface area contributed by atoms with E-state index in [-0.39, 0.29) is 37.4 Å².